The number of ether oxygens (including phenoxy) is 1. The van der Waals surface area contributed by atoms with Gasteiger partial charge in [0.25, 0.3) is 5.91 Å². The van der Waals surface area contributed by atoms with Crippen molar-refractivity contribution < 1.29 is 22.7 Å². The second kappa shape index (κ2) is 8.16. The van der Waals surface area contributed by atoms with Crippen molar-refractivity contribution in [2.75, 3.05) is 30.4 Å². The third-order valence-electron chi connectivity index (χ3n) is 3.90. The predicted octanol–water partition coefficient (Wildman–Crippen LogP) is 1.82. The van der Waals surface area contributed by atoms with Gasteiger partial charge in [0, 0.05) is 12.6 Å². The third-order valence-corrected chi connectivity index (χ3v) is 6.79. The van der Waals surface area contributed by atoms with Crippen molar-refractivity contribution >= 4 is 62.2 Å². The highest BCUT2D eigenvalue weighted by Gasteiger charge is 2.34. The average Bonchev–Trinajstić information content (AvgIpc) is 2.94. The Morgan fingerprint density at radius 3 is 2.50 bits per heavy atom. The SMILES string of the molecule is CCN(C(=O)COC(=O)c1nc(Cl)c(Cl)c(N)c1Cl)C1CCS(=O)(=O)C1. The standard InChI is InChI=1S/C14H16Cl3N3O5S/c1-2-20(7-3-4-26(23,24)6-7)8(21)5-25-14(22)12-9(15)11(18)10(16)13(17)19-12/h7H,2-6H2,1H3,(H2,18,19). The molecule has 1 aromatic heterocycles. The summed E-state index contributed by atoms with van der Waals surface area (Å²) in [6, 6.07) is -0.432. The van der Waals surface area contributed by atoms with Crippen LogP contribution in [0.25, 0.3) is 0 Å². The van der Waals surface area contributed by atoms with Crippen LogP contribution < -0.4 is 5.73 Å². The molecule has 2 heterocycles. The lowest BCUT2D eigenvalue weighted by molar-refractivity contribution is -0.136. The number of carbonyl (C=O) groups is 2. The Labute approximate surface area is 165 Å². The van der Waals surface area contributed by atoms with Crippen LogP contribution in [0.15, 0.2) is 0 Å². The van der Waals surface area contributed by atoms with Gasteiger partial charge in [-0.2, -0.15) is 0 Å². The number of halogens is 3. The van der Waals surface area contributed by atoms with Crippen LogP contribution in [-0.4, -0.2) is 60.9 Å². The van der Waals surface area contributed by atoms with Gasteiger partial charge in [-0.25, -0.2) is 18.2 Å². The lowest BCUT2D eigenvalue weighted by Crippen LogP contribution is -2.43. The van der Waals surface area contributed by atoms with E-state index in [9.17, 15) is 18.0 Å². The van der Waals surface area contributed by atoms with E-state index in [0.717, 1.165) is 0 Å². The topological polar surface area (TPSA) is 120 Å². The van der Waals surface area contributed by atoms with Crippen LogP contribution in [0.2, 0.25) is 15.2 Å². The van der Waals surface area contributed by atoms with E-state index >= 15 is 0 Å². The number of nitrogens with zero attached hydrogens (tertiary/aromatic N) is 2. The number of likely N-dealkylation sites (N-methyl/N-ethyl adjacent to an activating group) is 1. The second-order valence-corrected chi connectivity index (χ2v) is 8.95. The molecular formula is C14H16Cl3N3O5S. The highest BCUT2D eigenvalue weighted by molar-refractivity contribution is 7.91. The first kappa shape index (κ1) is 21.0. The zero-order valence-corrected chi connectivity index (χ0v) is 16.8. The number of amides is 1. The van der Waals surface area contributed by atoms with Gasteiger partial charge in [0.1, 0.15) is 5.02 Å². The molecule has 1 atom stereocenters. The Kier molecular flexibility index (Phi) is 6.60. The summed E-state index contributed by atoms with van der Waals surface area (Å²) in [5, 5.41) is -0.548. The van der Waals surface area contributed by atoms with Crippen molar-refractivity contribution in [1.82, 2.24) is 9.88 Å². The molecule has 1 amide bonds. The first-order valence-corrected chi connectivity index (χ1v) is 10.5. The minimum atomic E-state index is -3.15. The number of pyridine rings is 1. The number of hydrogen-bond acceptors (Lipinski definition) is 7. The molecule has 0 aliphatic carbocycles. The van der Waals surface area contributed by atoms with Gasteiger partial charge in [0.05, 0.1) is 22.2 Å². The lowest BCUT2D eigenvalue weighted by Gasteiger charge is -2.26. The van der Waals surface area contributed by atoms with Gasteiger partial charge in [-0.05, 0) is 13.3 Å². The Bertz CT molecular complexity index is 847. The first-order chi connectivity index (χ1) is 12.1. The highest BCUT2D eigenvalue weighted by atomic mass is 35.5. The van der Waals surface area contributed by atoms with Crippen LogP contribution in [-0.2, 0) is 19.4 Å². The number of sulfone groups is 1. The number of esters is 1. The molecule has 144 valence electrons. The molecule has 12 heteroatoms. The molecule has 0 saturated carbocycles. The Balaban J connectivity index is 2.06. The number of hydrogen-bond donors (Lipinski definition) is 1. The maximum Gasteiger partial charge on any atom is 0.359 e. The maximum atomic E-state index is 12.3. The van der Waals surface area contributed by atoms with Gasteiger partial charge < -0.3 is 15.4 Å². The summed E-state index contributed by atoms with van der Waals surface area (Å²) < 4.78 is 28.1. The first-order valence-electron chi connectivity index (χ1n) is 7.54. The third kappa shape index (κ3) is 4.51. The summed E-state index contributed by atoms with van der Waals surface area (Å²) in [6.45, 7) is 1.40. The molecular weight excluding hydrogens is 429 g/mol. The maximum absolute atomic E-state index is 12.3. The quantitative estimate of drug-likeness (QED) is 0.543. The molecule has 1 aromatic rings. The molecule has 1 saturated heterocycles. The molecule has 0 radical (unpaired) electrons. The Morgan fingerprint density at radius 2 is 1.96 bits per heavy atom. The van der Waals surface area contributed by atoms with E-state index in [2.05, 4.69) is 4.98 Å². The second-order valence-electron chi connectivity index (χ2n) is 5.61. The van der Waals surface area contributed by atoms with E-state index in [-0.39, 0.29) is 44.6 Å². The summed E-state index contributed by atoms with van der Waals surface area (Å²) in [5.74, 6) is -1.59. The molecule has 1 unspecified atom stereocenters. The minimum absolute atomic E-state index is 0.0311. The summed E-state index contributed by atoms with van der Waals surface area (Å²) in [5.41, 5.74) is 5.14. The van der Waals surface area contributed by atoms with Crippen molar-refractivity contribution in [3.05, 3.63) is 20.9 Å². The molecule has 0 spiro atoms. The van der Waals surface area contributed by atoms with Gasteiger partial charge in [-0.15, -0.1) is 0 Å². The van der Waals surface area contributed by atoms with Crippen LogP contribution in [0.4, 0.5) is 5.69 Å². The Morgan fingerprint density at radius 1 is 1.31 bits per heavy atom. The molecule has 2 rings (SSSR count). The van der Waals surface area contributed by atoms with Gasteiger partial charge in [0.15, 0.2) is 27.3 Å². The number of carbonyl (C=O) groups excluding carboxylic acids is 2. The molecule has 0 bridgehead atoms. The fraction of sp³-hybridized carbons (Fsp3) is 0.500. The minimum Gasteiger partial charge on any atom is -0.451 e. The fourth-order valence-corrected chi connectivity index (χ4v) is 4.92. The number of rotatable bonds is 5. The number of nitrogens with two attached hydrogens (primary N) is 1. The highest BCUT2D eigenvalue weighted by Crippen LogP contribution is 2.34. The van der Waals surface area contributed by atoms with Crippen LogP contribution in [0.5, 0.6) is 0 Å². The zero-order valence-electron chi connectivity index (χ0n) is 13.7. The van der Waals surface area contributed by atoms with Crippen LogP contribution in [0, 0.1) is 0 Å². The van der Waals surface area contributed by atoms with Gasteiger partial charge in [0.2, 0.25) is 0 Å². The molecule has 1 fully saturated rings. The zero-order chi connectivity index (χ0) is 19.6. The number of nitrogen functional groups attached to an aromatic ring is 1. The van der Waals surface area contributed by atoms with Crippen molar-refractivity contribution in [3.63, 3.8) is 0 Å². The fourth-order valence-electron chi connectivity index (χ4n) is 2.60. The lowest BCUT2D eigenvalue weighted by atomic mass is 10.2. The van der Waals surface area contributed by atoms with Gasteiger partial charge in [-0.3, -0.25) is 4.79 Å². The summed E-state index contributed by atoms with van der Waals surface area (Å²) in [6.07, 6.45) is 0.354. The van der Waals surface area contributed by atoms with E-state index in [4.69, 9.17) is 45.3 Å². The molecule has 1 aliphatic heterocycles. The van der Waals surface area contributed by atoms with Crippen LogP contribution in [0.1, 0.15) is 23.8 Å². The number of anilines is 1. The van der Waals surface area contributed by atoms with Crippen LogP contribution >= 0.6 is 34.8 Å². The summed E-state index contributed by atoms with van der Waals surface area (Å²) in [7, 11) is -3.15. The van der Waals surface area contributed by atoms with Crippen molar-refractivity contribution in [2.45, 2.75) is 19.4 Å². The molecule has 1 aliphatic rings. The van der Waals surface area contributed by atoms with E-state index in [1.807, 2.05) is 0 Å². The molecule has 8 nitrogen and oxygen atoms in total. The monoisotopic (exact) mass is 443 g/mol. The number of aromatic nitrogens is 1. The Hall–Kier alpha value is -1.29. The van der Waals surface area contributed by atoms with Crippen molar-refractivity contribution in [3.8, 4) is 0 Å². The van der Waals surface area contributed by atoms with Crippen LogP contribution in [0.3, 0.4) is 0 Å². The summed E-state index contributed by atoms with van der Waals surface area (Å²) >= 11 is 17.5. The molecule has 0 aromatic carbocycles. The van der Waals surface area contributed by atoms with Crippen molar-refractivity contribution in [1.29, 1.82) is 0 Å². The molecule has 2 N–H and O–H groups in total. The van der Waals surface area contributed by atoms with E-state index in [1.165, 1.54) is 4.90 Å². The van der Waals surface area contributed by atoms with E-state index < -0.39 is 34.4 Å². The van der Waals surface area contributed by atoms with E-state index in [0.29, 0.717) is 6.42 Å². The summed E-state index contributed by atoms with van der Waals surface area (Å²) in [4.78, 5) is 29.5. The molecule has 26 heavy (non-hydrogen) atoms. The normalized spacial score (nSPS) is 18.5. The average molecular weight is 445 g/mol. The van der Waals surface area contributed by atoms with Gasteiger partial charge >= 0.3 is 5.97 Å². The van der Waals surface area contributed by atoms with Crippen molar-refractivity contribution in [2.24, 2.45) is 0 Å². The largest absolute Gasteiger partial charge is 0.451 e. The van der Waals surface area contributed by atoms with Gasteiger partial charge in [-0.1, -0.05) is 34.8 Å². The predicted molar refractivity (Wildman–Crippen MR) is 98.4 cm³/mol. The smallest absolute Gasteiger partial charge is 0.359 e. The van der Waals surface area contributed by atoms with E-state index in [1.54, 1.807) is 6.92 Å².